The largest absolute Gasteiger partial charge is 0.379 e. The van der Waals surface area contributed by atoms with Crippen molar-refractivity contribution in [1.82, 2.24) is 10.2 Å². The molecule has 25 heavy (non-hydrogen) atoms. The summed E-state index contributed by atoms with van der Waals surface area (Å²) >= 11 is 3.32. The quantitative estimate of drug-likeness (QED) is 0.827. The first-order valence-corrected chi connectivity index (χ1v) is 9.04. The molecule has 1 aliphatic rings. The molecule has 0 radical (unpaired) electrons. The molecular formula is C19H20BrFN2O2. The number of hydrogen-bond donors (Lipinski definition) is 1. The van der Waals surface area contributed by atoms with E-state index in [0.717, 1.165) is 18.7 Å². The summed E-state index contributed by atoms with van der Waals surface area (Å²) in [7, 11) is 0. The number of amides is 1. The van der Waals surface area contributed by atoms with Crippen LogP contribution >= 0.6 is 15.9 Å². The Morgan fingerprint density at radius 1 is 1.20 bits per heavy atom. The van der Waals surface area contributed by atoms with Crippen LogP contribution < -0.4 is 5.32 Å². The van der Waals surface area contributed by atoms with Crippen molar-refractivity contribution in [2.24, 2.45) is 0 Å². The number of morpholine rings is 1. The first-order valence-electron chi connectivity index (χ1n) is 8.24. The normalized spacial score (nSPS) is 16.4. The maximum Gasteiger partial charge on any atom is 0.253 e. The van der Waals surface area contributed by atoms with Crippen LogP contribution in [-0.4, -0.2) is 43.7 Å². The number of carbonyl (C=O) groups excluding carboxylic acids is 1. The first-order chi connectivity index (χ1) is 12.1. The van der Waals surface area contributed by atoms with Crippen LogP contribution in [0.5, 0.6) is 0 Å². The zero-order chi connectivity index (χ0) is 17.6. The minimum absolute atomic E-state index is 0.179. The zero-order valence-corrected chi connectivity index (χ0v) is 15.3. The van der Waals surface area contributed by atoms with Crippen molar-refractivity contribution in [3.63, 3.8) is 0 Å². The Kier molecular flexibility index (Phi) is 6.18. The van der Waals surface area contributed by atoms with Gasteiger partial charge in [-0.2, -0.15) is 0 Å². The van der Waals surface area contributed by atoms with Crippen LogP contribution in [0, 0.1) is 5.82 Å². The molecule has 1 atom stereocenters. The summed E-state index contributed by atoms with van der Waals surface area (Å²) in [5, 5.41) is 3.05. The minimum atomic E-state index is -0.433. The Morgan fingerprint density at radius 2 is 1.92 bits per heavy atom. The average molecular weight is 407 g/mol. The highest BCUT2D eigenvalue weighted by molar-refractivity contribution is 9.10. The van der Waals surface area contributed by atoms with Crippen molar-refractivity contribution in [2.75, 3.05) is 32.8 Å². The molecule has 0 spiro atoms. The standard InChI is InChI=1S/C19H20BrFN2O2/c20-17-7-6-15(21)12-16(17)19(24)22-18(14-4-2-1-3-5-14)13-23-8-10-25-11-9-23/h1-7,12,18H,8-11,13H2,(H,22,24). The Labute approximate surface area is 155 Å². The number of nitrogens with zero attached hydrogens (tertiary/aromatic N) is 1. The SMILES string of the molecule is O=C(NC(CN1CCOCC1)c1ccccc1)c1cc(F)ccc1Br. The van der Waals surface area contributed by atoms with Gasteiger partial charge in [-0.3, -0.25) is 9.69 Å². The van der Waals surface area contributed by atoms with Crippen LogP contribution in [-0.2, 0) is 4.74 Å². The summed E-state index contributed by atoms with van der Waals surface area (Å²) in [6.45, 7) is 3.76. The van der Waals surface area contributed by atoms with E-state index in [1.54, 1.807) is 6.07 Å². The van der Waals surface area contributed by atoms with Gasteiger partial charge in [-0.25, -0.2) is 4.39 Å². The molecule has 132 valence electrons. The van der Waals surface area contributed by atoms with Gasteiger partial charge in [0, 0.05) is 24.1 Å². The molecule has 1 amide bonds. The number of hydrogen-bond acceptors (Lipinski definition) is 3. The Hall–Kier alpha value is -1.76. The molecule has 3 rings (SSSR count). The predicted octanol–water partition coefficient (Wildman–Crippen LogP) is 3.39. The second-order valence-corrected chi connectivity index (χ2v) is 6.83. The van der Waals surface area contributed by atoms with E-state index >= 15 is 0 Å². The van der Waals surface area contributed by atoms with Crippen molar-refractivity contribution < 1.29 is 13.9 Å². The summed E-state index contributed by atoms with van der Waals surface area (Å²) in [4.78, 5) is 15.0. The summed E-state index contributed by atoms with van der Waals surface area (Å²) < 4.78 is 19.5. The van der Waals surface area contributed by atoms with E-state index in [4.69, 9.17) is 4.74 Å². The van der Waals surface area contributed by atoms with Gasteiger partial charge in [0.25, 0.3) is 5.91 Å². The van der Waals surface area contributed by atoms with E-state index < -0.39 is 5.82 Å². The fourth-order valence-corrected chi connectivity index (χ4v) is 3.30. The molecule has 1 fully saturated rings. The second-order valence-electron chi connectivity index (χ2n) is 5.97. The van der Waals surface area contributed by atoms with Crippen molar-refractivity contribution in [3.05, 3.63) is 69.9 Å². The predicted molar refractivity (Wildman–Crippen MR) is 98.0 cm³/mol. The highest BCUT2D eigenvalue weighted by Gasteiger charge is 2.21. The molecule has 2 aromatic carbocycles. The highest BCUT2D eigenvalue weighted by Crippen LogP contribution is 2.21. The number of nitrogens with one attached hydrogen (secondary N) is 1. The lowest BCUT2D eigenvalue weighted by Gasteiger charge is -2.31. The third kappa shape index (κ3) is 4.87. The van der Waals surface area contributed by atoms with Gasteiger partial charge in [0.15, 0.2) is 0 Å². The van der Waals surface area contributed by atoms with Gasteiger partial charge in [0.2, 0.25) is 0 Å². The molecule has 0 saturated carbocycles. The fourth-order valence-electron chi connectivity index (χ4n) is 2.87. The van der Waals surface area contributed by atoms with E-state index in [-0.39, 0.29) is 11.9 Å². The topological polar surface area (TPSA) is 41.6 Å². The average Bonchev–Trinajstić information content (AvgIpc) is 2.64. The lowest BCUT2D eigenvalue weighted by atomic mass is 10.1. The lowest BCUT2D eigenvalue weighted by molar-refractivity contribution is 0.0332. The summed E-state index contributed by atoms with van der Waals surface area (Å²) in [5.41, 5.74) is 1.32. The Morgan fingerprint density at radius 3 is 2.64 bits per heavy atom. The molecule has 0 bridgehead atoms. The molecule has 1 saturated heterocycles. The molecule has 6 heteroatoms. The smallest absolute Gasteiger partial charge is 0.253 e. The van der Waals surface area contributed by atoms with Gasteiger partial charge in [0.05, 0.1) is 24.8 Å². The van der Waals surface area contributed by atoms with E-state index in [9.17, 15) is 9.18 Å². The summed E-state index contributed by atoms with van der Waals surface area (Å²) in [6, 6.07) is 13.8. The number of carbonyl (C=O) groups is 1. The van der Waals surface area contributed by atoms with E-state index in [2.05, 4.69) is 26.1 Å². The van der Waals surface area contributed by atoms with Crippen molar-refractivity contribution in [2.45, 2.75) is 6.04 Å². The van der Waals surface area contributed by atoms with E-state index in [0.29, 0.717) is 29.8 Å². The molecule has 1 unspecified atom stereocenters. The third-order valence-electron chi connectivity index (χ3n) is 4.22. The lowest BCUT2D eigenvalue weighted by Crippen LogP contribution is -2.43. The van der Waals surface area contributed by atoms with E-state index in [1.165, 1.54) is 12.1 Å². The maximum absolute atomic E-state index is 13.5. The van der Waals surface area contributed by atoms with Crippen molar-refractivity contribution >= 4 is 21.8 Å². The summed E-state index contributed by atoms with van der Waals surface area (Å²) in [6.07, 6.45) is 0. The molecule has 0 aromatic heterocycles. The summed E-state index contributed by atoms with van der Waals surface area (Å²) in [5.74, 6) is -0.730. The van der Waals surface area contributed by atoms with Crippen LogP contribution in [0.2, 0.25) is 0 Å². The van der Waals surface area contributed by atoms with Gasteiger partial charge in [-0.05, 0) is 39.7 Å². The van der Waals surface area contributed by atoms with Crippen LogP contribution in [0.15, 0.2) is 53.0 Å². The van der Waals surface area contributed by atoms with E-state index in [1.807, 2.05) is 30.3 Å². The second kappa shape index (κ2) is 8.56. The van der Waals surface area contributed by atoms with Crippen LogP contribution in [0.1, 0.15) is 22.0 Å². The molecule has 2 aromatic rings. The van der Waals surface area contributed by atoms with Crippen molar-refractivity contribution in [3.8, 4) is 0 Å². The third-order valence-corrected chi connectivity index (χ3v) is 4.92. The monoisotopic (exact) mass is 406 g/mol. The minimum Gasteiger partial charge on any atom is -0.379 e. The van der Waals surface area contributed by atoms with Gasteiger partial charge in [0.1, 0.15) is 5.82 Å². The Bertz CT molecular complexity index is 721. The Balaban J connectivity index is 1.79. The number of rotatable bonds is 5. The molecule has 4 nitrogen and oxygen atoms in total. The van der Waals surface area contributed by atoms with Gasteiger partial charge < -0.3 is 10.1 Å². The van der Waals surface area contributed by atoms with Crippen molar-refractivity contribution in [1.29, 1.82) is 0 Å². The maximum atomic E-state index is 13.5. The highest BCUT2D eigenvalue weighted by atomic mass is 79.9. The van der Waals surface area contributed by atoms with Gasteiger partial charge in [-0.15, -0.1) is 0 Å². The van der Waals surface area contributed by atoms with Crippen LogP contribution in [0.3, 0.4) is 0 Å². The van der Waals surface area contributed by atoms with Gasteiger partial charge in [-0.1, -0.05) is 30.3 Å². The molecule has 1 N–H and O–H groups in total. The molecule has 1 aliphatic heterocycles. The first kappa shape index (κ1) is 18.0. The molecule has 0 aliphatic carbocycles. The zero-order valence-electron chi connectivity index (χ0n) is 13.8. The van der Waals surface area contributed by atoms with Gasteiger partial charge >= 0.3 is 0 Å². The van der Waals surface area contributed by atoms with Crippen LogP contribution in [0.25, 0.3) is 0 Å². The number of ether oxygens (including phenoxy) is 1. The van der Waals surface area contributed by atoms with Crippen LogP contribution in [0.4, 0.5) is 4.39 Å². The number of benzene rings is 2. The number of halogens is 2. The molecular weight excluding hydrogens is 387 g/mol. The molecule has 1 heterocycles. The fraction of sp³-hybridized carbons (Fsp3) is 0.316.